The molecule has 0 heterocycles. The summed E-state index contributed by atoms with van der Waals surface area (Å²) in [6.07, 6.45) is 17.5. The molecular weight excluding hydrogens is 260 g/mol. The third-order valence-electron chi connectivity index (χ3n) is 5.55. The summed E-state index contributed by atoms with van der Waals surface area (Å²) >= 11 is 0. The molecule has 0 amide bonds. The molecule has 2 nitrogen and oxygen atoms in total. The second-order valence-electron chi connectivity index (χ2n) is 7.40. The second kappa shape index (κ2) is 9.84. The number of aliphatic hydroxyl groups excluding tert-OH is 1. The Labute approximate surface area is 131 Å². The van der Waals surface area contributed by atoms with Crippen molar-refractivity contribution in [2.24, 2.45) is 11.8 Å². The maximum atomic E-state index is 9.89. The largest absolute Gasteiger partial charge is 0.393 e. The molecule has 2 heteroatoms. The first-order valence-electron chi connectivity index (χ1n) is 9.61. The Bertz CT molecular complexity index is 266. The van der Waals surface area contributed by atoms with Crippen LogP contribution in [0.1, 0.15) is 90.4 Å². The molecular formula is C19H36O2. The maximum absolute atomic E-state index is 9.89. The summed E-state index contributed by atoms with van der Waals surface area (Å²) in [7, 11) is 0. The quantitative estimate of drug-likeness (QED) is 0.509. The van der Waals surface area contributed by atoms with E-state index in [1.165, 1.54) is 77.0 Å². The molecule has 2 rings (SSSR count). The highest BCUT2D eigenvalue weighted by molar-refractivity contribution is 4.96. The molecule has 2 bridgehead atoms. The van der Waals surface area contributed by atoms with E-state index in [1.807, 2.05) is 0 Å². The Hall–Kier alpha value is -0.0800. The van der Waals surface area contributed by atoms with Crippen molar-refractivity contribution in [2.45, 2.75) is 103 Å². The molecule has 4 atom stereocenters. The second-order valence-corrected chi connectivity index (χ2v) is 7.40. The van der Waals surface area contributed by atoms with Crippen LogP contribution in [-0.2, 0) is 4.74 Å². The van der Waals surface area contributed by atoms with Crippen molar-refractivity contribution in [1.29, 1.82) is 0 Å². The van der Waals surface area contributed by atoms with E-state index < -0.39 is 0 Å². The summed E-state index contributed by atoms with van der Waals surface area (Å²) in [5.74, 6) is 1.21. The highest BCUT2D eigenvalue weighted by Gasteiger charge is 2.45. The molecule has 2 aliphatic carbocycles. The van der Waals surface area contributed by atoms with Gasteiger partial charge in [-0.3, -0.25) is 0 Å². The van der Waals surface area contributed by atoms with Gasteiger partial charge in [-0.05, 0) is 31.6 Å². The molecule has 21 heavy (non-hydrogen) atoms. The van der Waals surface area contributed by atoms with Crippen molar-refractivity contribution < 1.29 is 9.84 Å². The van der Waals surface area contributed by atoms with Crippen molar-refractivity contribution >= 4 is 0 Å². The number of rotatable bonds is 12. The van der Waals surface area contributed by atoms with E-state index >= 15 is 0 Å². The van der Waals surface area contributed by atoms with Gasteiger partial charge < -0.3 is 9.84 Å². The van der Waals surface area contributed by atoms with E-state index in [9.17, 15) is 5.11 Å². The van der Waals surface area contributed by atoms with Gasteiger partial charge in [0.1, 0.15) is 0 Å². The number of aliphatic hydroxyl groups is 1. The first-order chi connectivity index (χ1) is 10.3. The van der Waals surface area contributed by atoms with E-state index in [2.05, 4.69) is 6.92 Å². The Morgan fingerprint density at radius 3 is 2.00 bits per heavy atom. The van der Waals surface area contributed by atoms with Gasteiger partial charge in [-0.15, -0.1) is 0 Å². The van der Waals surface area contributed by atoms with Crippen LogP contribution in [0, 0.1) is 11.8 Å². The molecule has 4 unspecified atom stereocenters. The zero-order chi connectivity index (χ0) is 14.9. The van der Waals surface area contributed by atoms with Crippen LogP contribution in [0.5, 0.6) is 0 Å². The lowest BCUT2D eigenvalue weighted by molar-refractivity contribution is -0.0322. The van der Waals surface area contributed by atoms with Crippen LogP contribution >= 0.6 is 0 Å². The van der Waals surface area contributed by atoms with E-state index in [0.717, 1.165) is 18.9 Å². The number of hydrogen-bond acceptors (Lipinski definition) is 2. The summed E-state index contributed by atoms with van der Waals surface area (Å²) in [6.45, 7) is 3.19. The number of hydrogen-bond donors (Lipinski definition) is 1. The molecule has 0 saturated heterocycles. The third-order valence-corrected chi connectivity index (χ3v) is 5.55. The van der Waals surface area contributed by atoms with Gasteiger partial charge in [0.15, 0.2) is 0 Å². The SMILES string of the molecule is CCCCCCCCCCCCOC1CC2CC(O)C1C2. The lowest BCUT2D eigenvalue weighted by atomic mass is 9.95. The molecule has 0 spiro atoms. The Balaban J connectivity index is 1.35. The van der Waals surface area contributed by atoms with Gasteiger partial charge in [-0.25, -0.2) is 0 Å². The first kappa shape index (κ1) is 17.3. The topological polar surface area (TPSA) is 29.5 Å². The van der Waals surface area contributed by atoms with Crippen molar-refractivity contribution in [3.8, 4) is 0 Å². The highest BCUT2D eigenvalue weighted by atomic mass is 16.5. The van der Waals surface area contributed by atoms with Crippen molar-refractivity contribution in [3.05, 3.63) is 0 Å². The number of ether oxygens (including phenoxy) is 1. The van der Waals surface area contributed by atoms with Gasteiger partial charge in [0.05, 0.1) is 12.2 Å². The van der Waals surface area contributed by atoms with Crippen LogP contribution in [0.15, 0.2) is 0 Å². The first-order valence-corrected chi connectivity index (χ1v) is 9.61. The van der Waals surface area contributed by atoms with Crippen LogP contribution in [0.25, 0.3) is 0 Å². The molecule has 2 aliphatic rings. The van der Waals surface area contributed by atoms with E-state index in [4.69, 9.17) is 4.74 Å². The fourth-order valence-corrected chi connectivity index (χ4v) is 4.27. The molecule has 124 valence electrons. The van der Waals surface area contributed by atoms with Crippen molar-refractivity contribution in [2.75, 3.05) is 6.61 Å². The minimum Gasteiger partial charge on any atom is -0.393 e. The summed E-state index contributed by atoms with van der Waals surface area (Å²) in [5.41, 5.74) is 0. The van der Waals surface area contributed by atoms with Crippen LogP contribution in [0.2, 0.25) is 0 Å². The van der Waals surface area contributed by atoms with E-state index in [-0.39, 0.29) is 6.10 Å². The zero-order valence-electron chi connectivity index (χ0n) is 14.1. The summed E-state index contributed by atoms with van der Waals surface area (Å²) < 4.78 is 6.02. The normalized spacial score (nSPS) is 31.1. The van der Waals surface area contributed by atoms with Gasteiger partial charge >= 0.3 is 0 Å². The lowest BCUT2D eigenvalue weighted by Crippen LogP contribution is -2.30. The Morgan fingerprint density at radius 2 is 1.43 bits per heavy atom. The van der Waals surface area contributed by atoms with Gasteiger partial charge in [0, 0.05) is 12.5 Å². The van der Waals surface area contributed by atoms with Crippen LogP contribution in [0.3, 0.4) is 0 Å². The van der Waals surface area contributed by atoms with Gasteiger partial charge in [0.25, 0.3) is 0 Å². The van der Waals surface area contributed by atoms with Crippen molar-refractivity contribution in [1.82, 2.24) is 0 Å². The van der Waals surface area contributed by atoms with Crippen LogP contribution in [0.4, 0.5) is 0 Å². The molecule has 2 saturated carbocycles. The molecule has 2 fully saturated rings. The number of unbranched alkanes of at least 4 members (excludes halogenated alkanes) is 9. The standard InChI is InChI=1S/C19H36O2/c1-2-3-4-5-6-7-8-9-10-11-12-21-19-15-16-13-17(19)18(20)14-16/h16-20H,2-15H2,1H3. The average Bonchev–Trinajstić information content (AvgIpc) is 3.03. The Kier molecular flexibility index (Phi) is 8.10. The fourth-order valence-electron chi connectivity index (χ4n) is 4.27. The highest BCUT2D eigenvalue weighted by Crippen LogP contribution is 2.46. The Morgan fingerprint density at radius 1 is 0.810 bits per heavy atom. The number of fused-ring (bicyclic) bond motifs is 2. The monoisotopic (exact) mass is 296 g/mol. The zero-order valence-corrected chi connectivity index (χ0v) is 14.1. The molecule has 0 aromatic carbocycles. The molecule has 0 aliphatic heterocycles. The predicted octanol–water partition coefficient (Wildman–Crippen LogP) is 5.08. The van der Waals surface area contributed by atoms with Crippen LogP contribution < -0.4 is 0 Å². The molecule has 1 N–H and O–H groups in total. The van der Waals surface area contributed by atoms with E-state index in [1.54, 1.807) is 0 Å². The van der Waals surface area contributed by atoms with Crippen LogP contribution in [-0.4, -0.2) is 23.9 Å². The fraction of sp³-hybridized carbons (Fsp3) is 1.00. The van der Waals surface area contributed by atoms with Gasteiger partial charge in [0.2, 0.25) is 0 Å². The maximum Gasteiger partial charge on any atom is 0.0630 e. The molecule has 0 aromatic heterocycles. The summed E-state index contributed by atoms with van der Waals surface area (Å²) in [4.78, 5) is 0. The van der Waals surface area contributed by atoms with Gasteiger partial charge in [-0.1, -0.05) is 64.7 Å². The lowest BCUT2D eigenvalue weighted by Gasteiger charge is -2.26. The van der Waals surface area contributed by atoms with Crippen molar-refractivity contribution in [3.63, 3.8) is 0 Å². The predicted molar refractivity (Wildman–Crippen MR) is 88.4 cm³/mol. The minimum atomic E-state index is -0.0681. The minimum absolute atomic E-state index is 0.0681. The molecule has 0 radical (unpaired) electrons. The third kappa shape index (κ3) is 5.90. The van der Waals surface area contributed by atoms with Gasteiger partial charge in [-0.2, -0.15) is 0 Å². The smallest absolute Gasteiger partial charge is 0.0630 e. The van der Waals surface area contributed by atoms with E-state index in [0.29, 0.717) is 12.0 Å². The summed E-state index contributed by atoms with van der Waals surface area (Å²) in [6, 6.07) is 0. The molecule has 0 aromatic rings. The summed E-state index contributed by atoms with van der Waals surface area (Å²) in [5, 5.41) is 9.89. The average molecular weight is 296 g/mol.